The number of carbonyl (C=O) groups excluding carboxylic acids is 1. The Morgan fingerprint density at radius 1 is 1.39 bits per heavy atom. The van der Waals surface area contributed by atoms with Crippen molar-refractivity contribution in [3.8, 4) is 0 Å². The van der Waals surface area contributed by atoms with Crippen molar-refractivity contribution in [1.29, 1.82) is 0 Å². The van der Waals surface area contributed by atoms with Crippen molar-refractivity contribution < 1.29 is 4.79 Å². The first-order chi connectivity index (χ1) is 8.65. The quantitative estimate of drug-likeness (QED) is 0.777. The number of nitrogens with zero attached hydrogens (tertiary/aromatic N) is 1. The average Bonchev–Trinajstić information content (AvgIpc) is 2.43. The summed E-state index contributed by atoms with van der Waals surface area (Å²) in [5, 5.41) is 6.88. The second kappa shape index (κ2) is 7.67. The summed E-state index contributed by atoms with van der Waals surface area (Å²) >= 11 is 1.74. The Morgan fingerprint density at radius 2 is 2.11 bits per heavy atom. The highest BCUT2D eigenvalue weighted by atomic mass is 32.2. The van der Waals surface area contributed by atoms with Crippen LogP contribution in [0.25, 0.3) is 0 Å². The zero-order valence-corrected chi connectivity index (χ0v) is 12.5. The Morgan fingerprint density at radius 3 is 2.61 bits per heavy atom. The van der Waals surface area contributed by atoms with Crippen molar-refractivity contribution in [2.24, 2.45) is 10.4 Å². The van der Waals surface area contributed by atoms with E-state index < -0.39 is 0 Å². The maximum Gasteiger partial charge on any atom is 0.239 e. The highest BCUT2D eigenvalue weighted by molar-refractivity contribution is 8.13. The third-order valence-electron chi connectivity index (χ3n) is 3.55. The van der Waals surface area contributed by atoms with Gasteiger partial charge >= 0.3 is 0 Å². The predicted octanol–water partition coefficient (Wildman–Crippen LogP) is 2.01. The van der Waals surface area contributed by atoms with Gasteiger partial charge in [0, 0.05) is 18.8 Å². The molecule has 18 heavy (non-hydrogen) atoms. The van der Waals surface area contributed by atoms with Gasteiger partial charge in [-0.1, -0.05) is 32.5 Å². The largest absolute Gasteiger partial charge is 0.356 e. The molecule has 1 heterocycles. The van der Waals surface area contributed by atoms with Crippen molar-refractivity contribution >= 4 is 22.8 Å². The van der Waals surface area contributed by atoms with Gasteiger partial charge in [-0.05, 0) is 24.7 Å². The standard InChI is InChI=1S/C13H25N3OS/c1-4-7-14-11(17)8-15-12-16-9-13(5-2,6-3)10-18-12/h4-10H2,1-3H3,(H,14,17)(H,15,16). The maximum atomic E-state index is 11.4. The first-order valence-electron chi connectivity index (χ1n) is 6.83. The average molecular weight is 271 g/mol. The van der Waals surface area contributed by atoms with Gasteiger partial charge in [0.25, 0.3) is 0 Å². The molecule has 0 spiro atoms. The minimum absolute atomic E-state index is 0.0444. The van der Waals surface area contributed by atoms with Gasteiger partial charge in [-0.2, -0.15) is 0 Å². The predicted molar refractivity (Wildman–Crippen MR) is 79.1 cm³/mol. The van der Waals surface area contributed by atoms with Crippen LogP contribution in [0.4, 0.5) is 0 Å². The van der Waals surface area contributed by atoms with Gasteiger partial charge < -0.3 is 10.6 Å². The van der Waals surface area contributed by atoms with Gasteiger partial charge in [-0.3, -0.25) is 9.79 Å². The van der Waals surface area contributed by atoms with Crippen LogP contribution in [0.1, 0.15) is 40.0 Å². The van der Waals surface area contributed by atoms with Crippen molar-refractivity contribution in [1.82, 2.24) is 10.6 Å². The number of thioether (sulfide) groups is 1. The summed E-state index contributed by atoms with van der Waals surface area (Å²) < 4.78 is 0. The van der Waals surface area contributed by atoms with Crippen LogP contribution < -0.4 is 10.6 Å². The second-order valence-corrected chi connectivity index (χ2v) is 5.78. The fourth-order valence-corrected chi connectivity index (χ4v) is 3.09. The van der Waals surface area contributed by atoms with Gasteiger partial charge in [0.2, 0.25) is 5.91 Å². The molecule has 1 aliphatic heterocycles. The van der Waals surface area contributed by atoms with Crippen LogP contribution in [0.15, 0.2) is 4.99 Å². The summed E-state index contributed by atoms with van der Waals surface area (Å²) in [6, 6.07) is 0. The molecule has 0 fully saturated rings. The van der Waals surface area contributed by atoms with E-state index in [0.29, 0.717) is 12.0 Å². The van der Waals surface area contributed by atoms with Crippen LogP contribution in [-0.4, -0.2) is 36.5 Å². The second-order valence-electron chi connectivity index (χ2n) is 4.82. The first-order valence-corrected chi connectivity index (χ1v) is 7.82. The summed E-state index contributed by atoms with van der Waals surface area (Å²) in [5.41, 5.74) is 0.361. The molecule has 104 valence electrons. The summed E-state index contributed by atoms with van der Waals surface area (Å²) in [4.78, 5) is 16.0. The highest BCUT2D eigenvalue weighted by Crippen LogP contribution is 2.34. The Hall–Kier alpha value is -0.710. The molecular weight excluding hydrogens is 246 g/mol. The molecule has 0 aliphatic carbocycles. The van der Waals surface area contributed by atoms with Gasteiger partial charge in [0.15, 0.2) is 5.17 Å². The minimum atomic E-state index is 0.0444. The maximum absolute atomic E-state index is 11.4. The number of aliphatic imine (C=N–C) groups is 1. The molecular formula is C13H25N3OS. The number of rotatable bonds is 6. The summed E-state index contributed by atoms with van der Waals surface area (Å²) in [7, 11) is 0. The SMILES string of the molecule is CCCNC(=O)CNC1=NCC(CC)(CC)CS1. The smallest absolute Gasteiger partial charge is 0.239 e. The third-order valence-corrected chi connectivity index (χ3v) is 4.85. The van der Waals surface area contributed by atoms with Gasteiger partial charge in [-0.15, -0.1) is 0 Å². The van der Waals surface area contributed by atoms with E-state index in [-0.39, 0.29) is 5.91 Å². The number of amides is 1. The van der Waals surface area contributed by atoms with E-state index in [9.17, 15) is 4.79 Å². The topological polar surface area (TPSA) is 53.5 Å². The molecule has 0 aromatic heterocycles. The van der Waals surface area contributed by atoms with E-state index in [1.165, 1.54) is 12.8 Å². The van der Waals surface area contributed by atoms with Gasteiger partial charge in [-0.25, -0.2) is 0 Å². The minimum Gasteiger partial charge on any atom is -0.356 e. The molecule has 0 aromatic rings. The lowest BCUT2D eigenvalue weighted by Crippen LogP contribution is -2.39. The summed E-state index contributed by atoms with van der Waals surface area (Å²) in [5.74, 6) is 1.14. The van der Waals surface area contributed by atoms with E-state index in [1.54, 1.807) is 11.8 Å². The molecule has 0 saturated carbocycles. The molecule has 0 radical (unpaired) electrons. The molecule has 5 heteroatoms. The molecule has 4 nitrogen and oxygen atoms in total. The molecule has 0 unspecified atom stereocenters. The Kier molecular flexibility index (Phi) is 6.54. The van der Waals surface area contributed by atoms with Crippen LogP contribution in [0.5, 0.6) is 0 Å². The lowest BCUT2D eigenvalue weighted by molar-refractivity contribution is -0.119. The van der Waals surface area contributed by atoms with E-state index in [1.807, 2.05) is 6.92 Å². The van der Waals surface area contributed by atoms with Crippen LogP contribution >= 0.6 is 11.8 Å². The zero-order chi connectivity index (χ0) is 13.4. The number of hydrogen-bond acceptors (Lipinski definition) is 4. The molecule has 1 amide bonds. The molecule has 1 aliphatic rings. The van der Waals surface area contributed by atoms with Crippen molar-refractivity contribution in [2.45, 2.75) is 40.0 Å². The Balaban J connectivity index is 2.33. The fraction of sp³-hybridized carbons (Fsp3) is 0.846. The molecule has 0 bridgehead atoms. The van der Waals surface area contributed by atoms with Crippen molar-refractivity contribution in [2.75, 3.05) is 25.4 Å². The van der Waals surface area contributed by atoms with E-state index in [0.717, 1.165) is 30.4 Å². The molecule has 1 rings (SSSR count). The van der Waals surface area contributed by atoms with Crippen LogP contribution in [-0.2, 0) is 4.79 Å². The summed E-state index contributed by atoms with van der Waals surface area (Å²) in [6.45, 7) is 8.47. The number of hydrogen-bond donors (Lipinski definition) is 2. The zero-order valence-electron chi connectivity index (χ0n) is 11.7. The van der Waals surface area contributed by atoms with Gasteiger partial charge in [0.05, 0.1) is 6.54 Å². The van der Waals surface area contributed by atoms with Crippen LogP contribution in [0.3, 0.4) is 0 Å². The van der Waals surface area contributed by atoms with E-state index in [2.05, 4.69) is 29.5 Å². The van der Waals surface area contributed by atoms with E-state index >= 15 is 0 Å². The lowest BCUT2D eigenvalue weighted by Gasteiger charge is -2.33. The Labute approximate surface area is 114 Å². The van der Waals surface area contributed by atoms with Crippen LogP contribution in [0.2, 0.25) is 0 Å². The first kappa shape index (κ1) is 15.3. The number of nitrogens with one attached hydrogen (secondary N) is 2. The number of carbonyl (C=O) groups is 1. The number of amidine groups is 1. The fourth-order valence-electron chi connectivity index (χ4n) is 1.82. The van der Waals surface area contributed by atoms with Crippen LogP contribution in [0, 0.1) is 5.41 Å². The molecule has 0 saturated heterocycles. The molecule has 0 aromatic carbocycles. The monoisotopic (exact) mass is 271 g/mol. The van der Waals surface area contributed by atoms with Gasteiger partial charge in [0.1, 0.15) is 0 Å². The third kappa shape index (κ3) is 4.52. The van der Waals surface area contributed by atoms with Crippen molar-refractivity contribution in [3.63, 3.8) is 0 Å². The molecule has 0 atom stereocenters. The van der Waals surface area contributed by atoms with Crippen molar-refractivity contribution in [3.05, 3.63) is 0 Å². The summed E-state index contributed by atoms with van der Waals surface area (Å²) in [6.07, 6.45) is 3.31. The Bertz CT molecular complexity index is 301. The normalized spacial score (nSPS) is 18.1. The van der Waals surface area contributed by atoms with E-state index in [4.69, 9.17) is 0 Å². The lowest BCUT2D eigenvalue weighted by atomic mass is 9.84. The highest BCUT2D eigenvalue weighted by Gasteiger charge is 2.30. The molecule has 2 N–H and O–H groups in total.